The molecule has 0 aromatic heterocycles. The minimum Gasteiger partial charge on any atom is -0.508 e. The van der Waals surface area contributed by atoms with E-state index in [1.165, 1.54) is 23.1 Å². The van der Waals surface area contributed by atoms with Crippen molar-refractivity contribution >= 4 is 5.91 Å². The summed E-state index contributed by atoms with van der Waals surface area (Å²) in [7, 11) is 5.09. The third kappa shape index (κ3) is 4.03. The molecular formula is C12H17FN2O2. The molecule has 0 saturated heterocycles. The quantitative estimate of drug-likeness (QED) is 0.855. The van der Waals surface area contributed by atoms with Crippen LogP contribution in [0.2, 0.25) is 0 Å². The van der Waals surface area contributed by atoms with Crippen molar-refractivity contribution in [3.05, 3.63) is 29.6 Å². The van der Waals surface area contributed by atoms with Crippen LogP contribution in [0.25, 0.3) is 0 Å². The van der Waals surface area contributed by atoms with Crippen LogP contribution in [-0.2, 0) is 11.3 Å². The predicted octanol–water partition coefficient (Wildman–Crippen LogP) is 1.05. The molecule has 0 saturated carbocycles. The van der Waals surface area contributed by atoms with Crippen molar-refractivity contribution in [3.63, 3.8) is 0 Å². The van der Waals surface area contributed by atoms with Gasteiger partial charge >= 0.3 is 0 Å². The van der Waals surface area contributed by atoms with Crippen LogP contribution in [-0.4, -0.2) is 48.5 Å². The number of amides is 1. The lowest BCUT2D eigenvalue weighted by atomic mass is 10.2. The lowest BCUT2D eigenvalue weighted by molar-refractivity contribution is -0.129. The molecule has 94 valence electrons. The Morgan fingerprint density at radius 3 is 2.59 bits per heavy atom. The fourth-order valence-corrected chi connectivity index (χ4v) is 1.40. The maximum atomic E-state index is 13.0. The lowest BCUT2D eigenvalue weighted by Gasteiger charge is -2.19. The topological polar surface area (TPSA) is 43.8 Å². The van der Waals surface area contributed by atoms with Gasteiger partial charge in [0.25, 0.3) is 0 Å². The maximum absolute atomic E-state index is 13.0. The summed E-state index contributed by atoms with van der Waals surface area (Å²) in [6, 6.07) is 3.78. The van der Waals surface area contributed by atoms with Gasteiger partial charge in [0.2, 0.25) is 5.91 Å². The van der Waals surface area contributed by atoms with E-state index in [1.807, 2.05) is 0 Å². The van der Waals surface area contributed by atoms with Crippen LogP contribution < -0.4 is 0 Å². The van der Waals surface area contributed by atoms with Gasteiger partial charge < -0.3 is 10.0 Å². The summed E-state index contributed by atoms with van der Waals surface area (Å²) in [6.07, 6.45) is 0. The Hall–Kier alpha value is -1.62. The van der Waals surface area contributed by atoms with Gasteiger partial charge in [0.05, 0.1) is 6.54 Å². The van der Waals surface area contributed by atoms with E-state index >= 15 is 0 Å². The molecule has 1 amide bonds. The molecule has 4 nitrogen and oxygen atoms in total. The van der Waals surface area contributed by atoms with Crippen molar-refractivity contribution < 1.29 is 14.3 Å². The third-order valence-corrected chi connectivity index (χ3v) is 2.39. The zero-order chi connectivity index (χ0) is 13.0. The molecule has 0 radical (unpaired) electrons. The van der Waals surface area contributed by atoms with Crippen LogP contribution in [0.5, 0.6) is 5.75 Å². The van der Waals surface area contributed by atoms with Gasteiger partial charge in [0, 0.05) is 26.2 Å². The molecule has 17 heavy (non-hydrogen) atoms. The number of benzene rings is 1. The first-order valence-corrected chi connectivity index (χ1v) is 5.26. The number of likely N-dealkylation sites (N-methyl/N-ethyl adjacent to an activating group) is 2. The van der Waals surface area contributed by atoms with E-state index in [0.717, 1.165) is 0 Å². The van der Waals surface area contributed by atoms with Gasteiger partial charge in [-0.25, -0.2) is 4.39 Å². The first-order chi connectivity index (χ1) is 7.90. The van der Waals surface area contributed by atoms with Gasteiger partial charge in [-0.05, 0) is 25.2 Å². The number of carbonyl (C=O) groups excluding carboxylic acids is 1. The van der Waals surface area contributed by atoms with E-state index in [4.69, 9.17) is 0 Å². The van der Waals surface area contributed by atoms with Crippen LogP contribution in [0.4, 0.5) is 4.39 Å². The Balaban J connectivity index is 2.64. The summed E-state index contributed by atoms with van der Waals surface area (Å²) < 4.78 is 13.0. The maximum Gasteiger partial charge on any atom is 0.236 e. The van der Waals surface area contributed by atoms with Crippen LogP contribution in [0, 0.1) is 5.82 Å². The molecule has 1 aromatic rings. The average Bonchev–Trinajstić information content (AvgIpc) is 2.23. The number of phenolic OH excluding ortho intramolecular Hbond substituents is 1. The number of hydrogen-bond donors (Lipinski definition) is 1. The molecular weight excluding hydrogens is 223 g/mol. The highest BCUT2D eigenvalue weighted by atomic mass is 19.1. The minimum absolute atomic E-state index is 0.0375. The van der Waals surface area contributed by atoms with Gasteiger partial charge in [-0.15, -0.1) is 0 Å². The molecule has 1 N–H and O–H groups in total. The number of phenols is 1. The van der Waals surface area contributed by atoms with Crippen molar-refractivity contribution in [2.45, 2.75) is 6.54 Å². The first kappa shape index (κ1) is 13.4. The molecule has 0 bridgehead atoms. The van der Waals surface area contributed by atoms with Gasteiger partial charge in [0.1, 0.15) is 11.6 Å². The second-order valence-corrected chi connectivity index (χ2v) is 4.23. The molecule has 0 aliphatic carbocycles. The van der Waals surface area contributed by atoms with E-state index in [1.54, 1.807) is 26.0 Å². The first-order valence-electron chi connectivity index (χ1n) is 5.26. The van der Waals surface area contributed by atoms with Crippen molar-refractivity contribution in [3.8, 4) is 5.75 Å². The molecule has 0 heterocycles. The molecule has 0 aliphatic heterocycles. The second kappa shape index (κ2) is 5.63. The van der Waals surface area contributed by atoms with E-state index < -0.39 is 5.82 Å². The average molecular weight is 240 g/mol. The normalized spacial score (nSPS) is 10.6. The molecule has 1 rings (SSSR count). The van der Waals surface area contributed by atoms with Crippen molar-refractivity contribution in [1.29, 1.82) is 0 Å². The Kier molecular flexibility index (Phi) is 4.45. The summed E-state index contributed by atoms with van der Waals surface area (Å²) in [5.74, 6) is -0.399. The number of carbonyl (C=O) groups is 1. The number of rotatable bonds is 4. The highest BCUT2D eigenvalue weighted by Crippen LogP contribution is 2.19. The SMILES string of the molecule is CN(CC(=O)N(C)C)Cc1cc(F)ccc1O. The van der Waals surface area contributed by atoms with Crippen LogP contribution in [0.3, 0.4) is 0 Å². The van der Waals surface area contributed by atoms with Crippen LogP contribution in [0.15, 0.2) is 18.2 Å². The fourth-order valence-electron chi connectivity index (χ4n) is 1.40. The van der Waals surface area contributed by atoms with Gasteiger partial charge in [-0.2, -0.15) is 0 Å². The van der Waals surface area contributed by atoms with Crippen molar-refractivity contribution in [2.75, 3.05) is 27.7 Å². The molecule has 5 heteroatoms. The highest BCUT2D eigenvalue weighted by Gasteiger charge is 2.11. The summed E-state index contributed by atoms with van der Waals surface area (Å²) in [5.41, 5.74) is 0.471. The van der Waals surface area contributed by atoms with Crippen molar-refractivity contribution in [1.82, 2.24) is 9.80 Å². The number of hydrogen-bond acceptors (Lipinski definition) is 3. The summed E-state index contributed by atoms with van der Waals surface area (Å²) in [5, 5.41) is 9.54. The summed E-state index contributed by atoms with van der Waals surface area (Å²) in [4.78, 5) is 14.7. The van der Waals surface area contributed by atoms with Crippen LogP contribution in [0.1, 0.15) is 5.56 Å². The monoisotopic (exact) mass is 240 g/mol. The Morgan fingerprint density at radius 1 is 1.35 bits per heavy atom. The molecule has 0 fully saturated rings. The molecule has 0 aliphatic rings. The Morgan fingerprint density at radius 2 is 2.00 bits per heavy atom. The Labute approximate surface area is 100 Å². The number of nitrogens with zero attached hydrogens (tertiary/aromatic N) is 2. The largest absolute Gasteiger partial charge is 0.508 e. The molecule has 1 aromatic carbocycles. The lowest BCUT2D eigenvalue weighted by Crippen LogP contribution is -2.34. The third-order valence-electron chi connectivity index (χ3n) is 2.39. The summed E-state index contributed by atoms with van der Waals surface area (Å²) in [6.45, 7) is 0.548. The van der Waals surface area contributed by atoms with E-state index in [-0.39, 0.29) is 18.2 Å². The van der Waals surface area contributed by atoms with E-state index in [9.17, 15) is 14.3 Å². The fraction of sp³-hybridized carbons (Fsp3) is 0.417. The summed E-state index contributed by atoms with van der Waals surface area (Å²) >= 11 is 0. The van der Waals surface area contributed by atoms with Gasteiger partial charge in [-0.1, -0.05) is 0 Å². The van der Waals surface area contributed by atoms with Crippen molar-refractivity contribution in [2.24, 2.45) is 0 Å². The highest BCUT2D eigenvalue weighted by molar-refractivity contribution is 5.77. The van der Waals surface area contributed by atoms with E-state index in [2.05, 4.69) is 0 Å². The predicted molar refractivity (Wildman–Crippen MR) is 63.1 cm³/mol. The number of halogens is 1. The number of aromatic hydroxyl groups is 1. The zero-order valence-electron chi connectivity index (χ0n) is 10.3. The standard InChI is InChI=1S/C12H17FN2O2/c1-14(2)12(17)8-15(3)7-9-6-10(13)4-5-11(9)16/h4-6,16H,7-8H2,1-3H3. The smallest absolute Gasteiger partial charge is 0.236 e. The van der Waals surface area contributed by atoms with Crippen LogP contribution >= 0.6 is 0 Å². The van der Waals surface area contributed by atoms with Gasteiger partial charge in [-0.3, -0.25) is 9.69 Å². The second-order valence-electron chi connectivity index (χ2n) is 4.23. The Bertz CT molecular complexity index is 407. The van der Waals surface area contributed by atoms with Gasteiger partial charge in [0.15, 0.2) is 0 Å². The molecule has 0 atom stereocenters. The minimum atomic E-state index is -0.398. The zero-order valence-corrected chi connectivity index (χ0v) is 10.3. The molecule has 0 spiro atoms. The molecule has 0 unspecified atom stereocenters. The van der Waals surface area contributed by atoms with E-state index in [0.29, 0.717) is 12.1 Å².